The van der Waals surface area contributed by atoms with Gasteiger partial charge >= 0.3 is 0 Å². The Bertz CT molecular complexity index is 312. The minimum absolute atomic E-state index is 0. The molecule has 0 aromatic heterocycles. The molecule has 13 heavy (non-hydrogen) atoms. The molecule has 0 radical (unpaired) electrons. The molecule has 0 aliphatic carbocycles. The van der Waals surface area contributed by atoms with E-state index >= 15 is 0 Å². The molecule has 2 rings (SSSR count). The molecule has 0 bridgehead atoms. The summed E-state index contributed by atoms with van der Waals surface area (Å²) in [4.78, 5) is 0. The zero-order valence-corrected chi connectivity index (χ0v) is 10.5. The molecule has 0 saturated heterocycles. The second kappa shape index (κ2) is 3.93. The normalized spacial score (nSPS) is 19.5. The molecule has 72 valence electrons. The van der Waals surface area contributed by atoms with Gasteiger partial charge in [-0.15, -0.1) is 29.1 Å². The second-order valence-corrected chi connectivity index (χ2v) is 3.12. The third-order valence-corrected chi connectivity index (χ3v) is 2.03. The molecule has 2 aliphatic heterocycles. The van der Waals surface area contributed by atoms with Gasteiger partial charge in [-0.3, -0.25) is 5.43 Å². The number of fused-ring (bicyclic) bond motifs is 1. The maximum Gasteiger partial charge on any atom is 0.242 e. The summed E-state index contributed by atoms with van der Waals surface area (Å²) in [5, 5.41) is 8.12. The van der Waals surface area contributed by atoms with Crippen molar-refractivity contribution in [3.63, 3.8) is 0 Å². The van der Waals surface area contributed by atoms with E-state index in [-0.39, 0.29) is 24.0 Å². The van der Waals surface area contributed by atoms with E-state index in [1.54, 1.807) is 16.1 Å². The van der Waals surface area contributed by atoms with E-state index < -0.39 is 0 Å². The van der Waals surface area contributed by atoms with Crippen molar-refractivity contribution in [3.05, 3.63) is 23.1 Å². The third kappa shape index (κ3) is 1.87. The van der Waals surface area contributed by atoms with Gasteiger partial charge in [0.15, 0.2) is 5.82 Å². The molecular weight excluding hydrogens is 326 g/mol. The van der Waals surface area contributed by atoms with Gasteiger partial charge in [-0.05, 0) is 23.8 Å². The van der Waals surface area contributed by atoms with Crippen molar-refractivity contribution in [3.8, 4) is 0 Å². The number of nitrogens with one attached hydrogen (secondary N) is 1. The molecule has 0 fully saturated rings. The predicted molar refractivity (Wildman–Crippen MR) is 63.5 cm³/mol. The van der Waals surface area contributed by atoms with Gasteiger partial charge in [-0.1, -0.05) is 11.6 Å². The first-order chi connectivity index (χ1) is 5.68. The molecule has 4 nitrogen and oxygen atoms in total. The lowest BCUT2D eigenvalue weighted by molar-refractivity contribution is 0.333. The zero-order valence-electron chi connectivity index (χ0n) is 6.66. The van der Waals surface area contributed by atoms with Crippen molar-refractivity contribution in [2.24, 2.45) is 5.10 Å². The van der Waals surface area contributed by atoms with E-state index in [9.17, 15) is 0 Å². The van der Waals surface area contributed by atoms with Crippen molar-refractivity contribution < 1.29 is 0 Å². The number of nitrogens with zero attached hydrogens (tertiary/aromatic N) is 3. The lowest BCUT2D eigenvalue weighted by atomic mass is 10.4. The Kier molecular flexibility index (Phi) is 3.31. The molecule has 2 heterocycles. The van der Waals surface area contributed by atoms with Crippen LogP contribution in [-0.2, 0) is 0 Å². The molecular formula is C6H7Cl2IN4. The minimum atomic E-state index is 0. The van der Waals surface area contributed by atoms with Crippen LogP contribution in [0.4, 0.5) is 0 Å². The number of hydrogen-bond acceptors (Lipinski definition) is 4. The van der Waals surface area contributed by atoms with Crippen molar-refractivity contribution in [2.75, 3.05) is 7.05 Å². The van der Waals surface area contributed by atoms with Crippen LogP contribution >= 0.6 is 47.2 Å². The minimum Gasteiger partial charge on any atom is -0.279 e. The molecule has 0 spiro atoms. The fraction of sp³-hybridized carbons (Fsp3) is 0.167. The Morgan fingerprint density at radius 1 is 1.38 bits per heavy atom. The third-order valence-electron chi connectivity index (χ3n) is 1.58. The summed E-state index contributed by atoms with van der Waals surface area (Å²) in [5.74, 6) is 0.851. The number of hydrogen-bond donors (Lipinski definition) is 1. The SMILES string of the molecule is CN1N=C(Cl)N2NC(Cl)=CC=C12.I. The van der Waals surface area contributed by atoms with Gasteiger partial charge in [-0.25, -0.2) is 10.0 Å². The first-order valence-electron chi connectivity index (χ1n) is 3.30. The van der Waals surface area contributed by atoms with E-state index in [1.807, 2.05) is 13.1 Å². The lowest BCUT2D eigenvalue weighted by Gasteiger charge is -2.24. The van der Waals surface area contributed by atoms with Crippen LogP contribution in [0.2, 0.25) is 0 Å². The van der Waals surface area contributed by atoms with Gasteiger partial charge in [-0.2, -0.15) is 0 Å². The van der Waals surface area contributed by atoms with E-state index in [4.69, 9.17) is 23.2 Å². The van der Waals surface area contributed by atoms with Gasteiger partial charge in [0.25, 0.3) is 0 Å². The molecule has 0 unspecified atom stereocenters. The predicted octanol–water partition coefficient (Wildman–Crippen LogP) is 1.80. The Morgan fingerprint density at radius 3 is 2.77 bits per heavy atom. The fourth-order valence-electron chi connectivity index (χ4n) is 1.04. The van der Waals surface area contributed by atoms with Crippen molar-refractivity contribution in [1.82, 2.24) is 15.4 Å². The summed E-state index contributed by atoms with van der Waals surface area (Å²) in [6, 6.07) is 0. The number of hydrazone groups is 1. The highest BCUT2D eigenvalue weighted by Gasteiger charge is 2.27. The van der Waals surface area contributed by atoms with Gasteiger partial charge in [0.1, 0.15) is 5.16 Å². The quantitative estimate of drug-likeness (QED) is 0.542. The molecule has 2 aliphatic rings. The lowest BCUT2D eigenvalue weighted by Crippen LogP contribution is -2.38. The molecule has 0 aromatic carbocycles. The summed E-state index contributed by atoms with van der Waals surface area (Å²) in [5.41, 5.74) is 2.85. The van der Waals surface area contributed by atoms with Crippen molar-refractivity contribution >= 4 is 52.5 Å². The Balaban J connectivity index is 0.000000845. The fourth-order valence-corrected chi connectivity index (χ4v) is 1.43. The van der Waals surface area contributed by atoms with E-state index in [0.717, 1.165) is 5.82 Å². The van der Waals surface area contributed by atoms with Crippen LogP contribution in [0.15, 0.2) is 28.2 Å². The first-order valence-corrected chi connectivity index (χ1v) is 4.06. The smallest absolute Gasteiger partial charge is 0.242 e. The number of halogens is 3. The van der Waals surface area contributed by atoms with E-state index in [2.05, 4.69) is 10.5 Å². The average molecular weight is 333 g/mol. The molecule has 7 heteroatoms. The Morgan fingerprint density at radius 2 is 2.08 bits per heavy atom. The number of rotatable bonds is 0. The Labute approximate surface area is 103 Å². The summed E-state index contributed by atoms with van der Waals surface area (Å²) >= 11 is 11.5. The van der Waals surface area contributed by atoms with Crippen LogP contribution in [0, 0.1) is 0 Å². The molecule has 0 aromatic rings. The van der Waals surface area contributed by atoms with Crippen LogP contribution < -0.4 is 5.43 Å². The second-order valence-electron chi connectivity index (χ2n) is 2.38. The number of amidine groups is 1. The summed E-state index contributed by atoms with van der Waals surface area (Å²) < 4.78 is 0. The summed E-state index contributed by atoms with van der Waals surface area (Å²) in [6.45, 7) is 0. The zero-order chi connectivity index (χ0) is 8.72. The monoisotopic (exact) mass is 332 g/mol. The maximum atomic E-state index is 5.79. The molecule has 0 atom stereocenters. The van der Waals surface area contributed by atoms with Gasteiger partial charge in [0, 0.05) is 7.05 Å². The van der Waals surface area contributed by atoms with E-state index in [1.165, 1.54) is 0 Å². The standard InChI is InChI=1S/C6H6Cl2N4.HI/c1-11-5-3-2-4(7)9-12(5)6(8)10-11;/h2-3,9H,1H3;1H. The van der Waals surface area contributed by atoms with Crippen LogP contribution in [0.3, 0.4) is 0 Å². The molecule has 0 amide bonds. The molecule has 1 N–H and O–H groups in total. The Hall–Kier alpha value is -0.140. The summed E-state index contributed by atoms with van der Waals surface area (Å²) in [7, 11) is 1.81. The van der Waals surface area contributed by atoms with Crippen LogP contribution in [0.1, 0.15) is 0 Å². The highest BCUT2D eigenvalue weighted by Crippen LogP contribution is 2.22. The highest BCUT2D eigenvalue weighted by atomic mass is 127. The number of hydrazine groups is 1. The average Bonchev–Trinajstić information content (AvgIpc) is 2.28. The largest absolute Gasteiger partial charge is 0.279 e. The van der Waals surface area contributed by atoms with Gasteiger partial charge in [0.2, 0.25) is 5.29 Å². The van der Waals surface area contributed by atoms with Crippen molar-refractivity contribution in [1.29, 1.82) is 0 Å². The van der Waals surface area contributed by atoms with Crippen molar-refractivity contribution in [2.45, 2.75) is 0 Å². The number of allylic oxidation sites excluding steroid dienone is 2. The first kappa shape index (κ1) is 10.9. The molecule has 0 saturated carbocycles. The van der Waals surface area contributed by atoms with Gasteiger partial charge < -0.3 is 0 Å². The van der Waals surface area contributed by atoms with Crippen LogP contribution in [0.5, 0.6) is 0 Å². The topological polar surface area (TPSA) is 30.9 Å². The maximum absolute atomic E-state index is 5.79. The highest BCUT2D eigenvalue weighted by molar-refractivity contribution is 14.0. The van der Waals surface area contributed by atoms with Crippen LogP contribution in [0.25, 0.3) is 0 Å². The van der Waals surface area contributed by atoms with Gasteiger partial charge in [0.05, 0.1) is 0 Å². The summed E-state index contributed by atoms with van der Waals surface area (Å²) in [6.07, 6.45) is 3.58. The van der Waals surface area contributed by atoms with Crippen LogP contribution in [-0.4, -0.2) is 22.4 Å². The van der Waals surface area contributed by atoms with E-state index in [0.29, 0.717) is 10.5 Å².